The number of carbonyl (C=O) groups excluding carboxylic acids is 2. The van der Waals surface area contributed by atoms with Crippen molar-refractivity contribution in [3.05, 3.63) is 0 Å². The summed E-state index contributed by atoms with van der Waals surface area (Å²) in [5, 5.41) is 6.73. The molecule has 1 saturated heterocycles. The first-order valence-electron chi connectivity index (χ1n) is 7.05. The number of piperidine rings is 1. The molecule has 0 radical (unpaired) electrons. The second-order valence-corrected chi connectivity index (χ2v) is 5.18. The lowest BCUT2D eigenvalue weighted by Gasteiger charge is -2.31. The predicted octanol–water partition coefficient (Wildman–Crippen LogP) is 0.101. The lowest BCUT2D eigenvalue weighted by molar-refractivity contribution is -0.121. The number of hydrogen-bond donors (Lipinski definition) is 2. The zero-order chi connectivity index (χ0) is 13.7. The van der Waals surface area contributed by atoms with Gasteiger partial charge in [0.05, 0.1) is 0 Å². The van der Waals surface area contributed by atoms with E-state index in [9.17, 15) is 9.59 Å². The van der Waals surface area contributed by atoms with Crippen LogP contribution in [-0.2, 0) is 9.59 Å². The molecule has 2 aliphatic rings. The highest BCUT2D eigenvalue weighted by atomic mass is 16.2. The van der Waals surface area contributed by atoms with Gasteiger partial charge in [-0.2, -0.15) is 5.10 Å². The van der Waals surface area contributed by atoms with E-state index in [0.29, 0.717) is 31.0 Å². The molecule has 0 aromatic rings. The monoisotopic (exact) mass is 266 g/mol. The molecule has 19 heavy (non-hydrogen) atoms. The van der Waals surface area contributed by atoms with Crippen molar-refractivity contribution in [2.24, 2.45) is 11.0 Å². The molecule has 0 aliphatic carbocycles. The highest BCUT2D eigenvalue weighted by Gasteiger charge is 2.21. The van der Waals surface area contributed by atoms with Gasteiger partial charge in [0, 0.05) is 19.4 Å². The number of amides is 2. The number of likely N-dealkylation sites (tertiary alicyclic amines) is 1. The van der Waals surface area contributed by atoms with Crippen LogP contribution in [0.1, 0.15) is 32.6 Å². The summed E-state index contributed by atoms with van der Waals surface area (Å²) in [5.74, 6) is 0.298. The first kappa shape index (κ1) is 14.0. The minimum atomic E-state index is -0.141. The largest absolute Gasteiger partial charge is 0.351 e. The quantitative estimate of drug-likeness (QED) is 0.758. The number of nitrogens with one attached hydrogen (secondary N) is 2. The fourth-order valence-electron chi connectivity index (χ4n) is 2.48. The van der Waals surface area contributed by atoms with Gasteiger partial charge in [-0.25, -0.2) is 5.43 Å². The molecule has 106 valence electrons. The second kappa shape index (κ2) is 6.65. The van der Waals surface area contributed by atoms with Crippen LogP contribution in [-0.4, -0.2) is 48.6 Å². The first-order valence-corrected chi connectivity index (χ1v) is 7.05. The summed E-state index contributed by atoms with van der Waals surface area (Å²) in [5.41, 5.74) is 2.78. The Balaban J connectivity index is 1.71. The molecule has 2 rings (SSSR count). The predicted molar refractivity (Wildman–Crippen MR) is 72.7 cm³/mol. The number of nitrogens with zero attached hydrogens (tertiary/aromatic N) is 2. The normalized spacial score (nSPS) is 21.7. The van der Waals surface area contributed by atoms with Gasteiger partial charge in [0.2, 0.25) is 5.91 Å². The molecule has 6 heteroatoms. The summed E-state index contributed by atoms with van der Waals surface area (Å²) in [6, 6.07) is 0. The molecule has 0 atom stereocenters. The van der Waals surface area contributed by atoms with E-state index in [-0.39, 0.29) is 11.8 Å². The molecule has 0 spiro atoms. The molecule has 2 amide bonds. The standard InChI is InChI=1S/C13H22N4O2/c1-2-17-7-5-10(6-8-17)9-14-13(19)11-3-4-12(18)16-15-11/h10H,2-9H2,1H3,(H,14,19)(H,16,18). The van der Waals surface area contributed by atoms with E-state index in [1.165, 1.54) is 0 Å². The number of rotatable bonds is 4. The van der Waals surface area contributed by atoms with Crippen molar-refractivity contribution in [1.82, 2.24) is 15.6 Å². The maximum absolute atomic E-state index is 11.9. The highest BCUT2D eigenvalue weighted by molar-refractivity contribution is 6.39. The average molecular weight is 266 g/mol. The van der Waals surface area contributed by atoms with Gasteiger partial charge in [0.25, 0.3) is 5.91 Å². The van der Waals surface area contributed by atoms with Crippen LogP contribution in [0.5, 0.6) is 0 Å². The van der Waals surface area contributed by atoms with Gasteiger partial charge in [0.1, 0.15) is 5.71 Å². The Bertz CT molecular complexity index is 373. The molecular formula is C13H22N4O2. The SMILES string of the molecule is CCN1CCC(CNC(=O)C2=NNC(=O)CC2)CC1. The fraction of sp³-hybridized carbons (Fsp3) is 0.769. The third-order valence-corrected chi connectivity index (χ3v) is 3.87. The minimum Gasteiger partial charge on any atom is -0.351 e. The Kier molecular flexibility index (Phi) is 4.90. The summed E-state index contributed by atoms with van der Waals surface area (Å²) >= 11 is 0. The first-order chi connectivity index (χ1) is 9.19. The Morgan fingerprint density at radius 2 is 2.16 bits per heavy atom. The maximum atomic E-state index is 11.9. The van der Waals surface area contributed by atoms with Crippen LogP contribution < -0.4 is 10.7 Å². The van der Waals surface area contributed by atoms with Gasteiger partial charge in [-0.15, -0.1) is 0 Å². The molecule has 1 fully saturated rings. The second-order valence-electron chi connectivity index (χ2n) is 5.18. The molecule has 2 aliphatic heterocycles. The molecule has 2 heterocycles. The van der Waals surface area contributed by atoms with Crippen molar-refractivity contribution in [3.8, 4) is 0 Å². The number of hydrogen-bond acceptors (Lipinski definition) is 4. The van der Waals surface area contributed by atoms with Crippen LogP contribution in [0.15, 0.2) is 5.10 Å². The molecule has 0 saturated carbocycles. The zero-order valence-electron chi connectivity index (χ0n) is 11.4. The summed E-state index contributed by atoms with van der Waals surface area (Å²) < 4.78 is 0. The third kappa shape index (κ3) is 4.02. The molecular weight excluding hydrogens is 244 g/mol. The Labute approximate surface area is 113 Å². The van der Waals surface area contributed by atoms with Crippen LogP contribution in [0.2, 0.25) is 0 Å². The Morgan fingerprint density at radius 3 is 2.74 bits per heavy atom. The zero-order valence-corrected chi connectivity index (χ0v) is 11.4. The number of hydrazone groups is 1. The molecule has 0 aromatic carbocycles. The van der Waals surface area contributed by atoms with Gasteiger partial charge < -0.3 is 10.2 Å². The van der Waals surface area contributed by atoms with Crippen LogP contribution >= 0.6 is 0 Å². The summed E-state index contributed by atoms with van der Waals surface area (Å²) in [4.78, 5) is 25.2. The van der Waals surface area contributed by atoms with E-state index in [1.807, 2.05) is 0 Å². The molecule has 6 nitrogen and oxygen atoms in total. The van der Waals surface area contributed by atoms with Crippen molar-refractivity contribution in [2.45, 2.75) is 32.6 Å². The van der Waals surface area contributed by atoms with Crippen molar-refractivity contribution >= 4 is 17.5 Å². The van der Waals surface area contributed by atoms with Crippen molar-refractivity contribution in [3.63, 3.8) is 0 Å². The lowest BCUT2D eigenvalue weighted by atomic mass is 9.96. The lowest BCUT2D eigenvalue weighted by Crippen LogP contribution is -2.41. The third-order valence-electron chi connectivity index (χ3n) is 3.87. The Hall–Kier alpha value is -1.43. The van der Waals surface area contributed by atoms with E-state index < -0.39 is 0 Å². The Morgan fingerprint density at radius 1 is 1.42 bits per heavy atom. The van der Waals surface area contributed by atoms with Crippen LogP contribution in [0.4, 0.5) is 0 Å². The minimum absolute atomic E-state index is 0.122. The van der Waals surface area contributed by atoms with Gasteiger partial charge in [-0.3, -0.25) is 9.59 Å². The molecule has 0 aromatic heterocycles. The fourth-order valence-corrected chi connectivity index (χ4v) is 2.48. The summed E-state index contributed by atoms with van der Waals surface area (Å²) in [6.07, 6.45) is 3.06. The van der Waals surface area contributed by atoms with Crippen LogP contribution in [0.3, 0.4) is 0 Å². The number of carbonyl (C=O) groups is 2. The summed E-state index contributed by atoms with van der Waals surface area (Å²) in [6.45, 7) is 6.23. The van der Waals surface area contributed by atoms with Gasteiger partial charge >= 0.3 is 0 Å². The maximum Gasteiger partial charge on any atom is 0.267 e. The van der Waals surface area contributed by atoms with Crippen molar-refractivity contribution in [1.29, 1.82) is 0 Å². The van der Waals surface area contributed by atoms with Crippen molar-refractivity contribution in [2.75, 3.05) is 26.2 Å². The summed E-state index contributed by atoms with van der Waals surface area (Å²) in [7, 11) is 0. The smallest absolute Gasteiger partial charge is 0.267 e. The van der Waals surface area contributed by atoms with Crippen molar-refractivity contribution < 1.29 is 9.59 Å². The van der Waals surface area contributed by atoms with E-state index >= 15 is 0 Å². The topological polar surface area (TPSA) is 73.8 Å². The van der Waals surface area contributed by atoms with Crippen LogP contribution in [0.25, 0.3) is 0 Å². The van der Waals surface area contributed by atoms with E-state index in [0.717, 1.165) is 32.5 Å². The molecule has 2 N–H and O–H groups in total. The molecule has 0 bridgehead atoms. The van der Waals surface area contributed by atoms with Crippen LogP contribution in [0, 0.1) is 5.92 Å². The highest BCUT2D eigenvalue weighted by Crippen LogP contribution is 2.15. The van der Waals surface area contributed by atoms with Gasteiger partial charge in [-0.05, 0) is 38.4 Å². The van der Waals surface area contributed by atoms with E-state index in [1.54, 1.807) is 0 Å². The average Bonchev–Trinajstić information content (AvgIpc) is 2.46. The van der Waals surface area contributed by atoms with E-state index in [4.69, 9.17) is 0 Å². The van der Waals surface area contributed by atoms with Gasteiger partial charge in [0.15, 0.2) is 0 Å². The van der Waals surface area contributed by atoms with E-state index in [2.05, 4.69) is 27.7 Å². The molecule has 0 unspecified atom stereocenters. The van der Waals surface area contributed by atoms with Gasteiger partial charge in [-0.1, -0.05) is 6.92 Å².